The van der Waals surface area contributed by atoms with Crippen LogP contribution in [0.15, 0.2) is 12.2 Å². The van der Waals surface area contributed by atoms with E-state index in [-0.39, 0.29) is 35.7 Å². The van der Waals surface area contributed by atoms with E-state index in [9.17, 15) is 19.2 Å². The topological polar surface area (TPSA) is 167 Å². The molecule has 4 unspecified atom stereocenters. The van der Waals surface area contributed by atoms with Gasteiger partial charge in [-0.3, -0.25) is 9.59 Å². The molecule has 0 saturated carbocycles. The van der Waals surface area contributed by atoms with Crippen LogP contribution < -0.4 is 11.5 Å². The fraction of sp³-hybridized carbons (Fsp3) is 0.727. The Bertz CT molecular complexity index is 626. The smallest absolute Gasteiger partial charge is 0.328 e. The van der Waals surface area contributed by atoms with E-state index in [4.69, 9.17) is 21.7 Å². The van der Waals surface area contributed by atoms with Crippen LogP contribution in [0.4, 0.5) is 0 Å². The predicted octanol–water partition coefficient (Wildman–Crippen LogP) is 1.50. The third kappa shape index (κ3) is 12.6. The lowest BCUT2D eigenvalue weighted by Gasteiger charge is -2.23. The summed E-state index contributed by atoms with van der Waals surface area (Å²) in [6.45, 7) is 9.94. The Hall–Kier alpha value is -1.76. The van der Waals surface area contributed by atoms with Crippen LogP contribution >= 0.6 is 23.5 Å². The average molecular weight is 521 g/mol. The van der Waals surface area contributed by atoms with E-state index in [1.807, 2.05) is 23.6 Å². The van der Waals surface area contributed by atoms with Gasteiger partial charge in [-0.2, -0.15) is 0 Å². The molecule has 2 heterocycles. The summed E-state index contributed by atoms with van der Waals surface area (Å²) in [5, 5.41) is 15.6. The maximum atomic E-state index is 11.7. The molecule has 0 aromatic carbocycles. The normalized spacial score (nSPS) is 18.8. The van der Waals surface area contributed by atoms with Crippen LogP contribution in [0.5, 0.6) is 0 Å². The number of carbonyl (C=O) groups excluding carboxylic acids is 2. The van der Waals surface area contributed by atoms with Crippen molar-refractivity contribution in [3.8, 4) is 0 Å². The number of carboxylic acid groups (broad SMARTS) is 2. The molecule has 2 saturated heterocycles. The lowest BCUT2D eigenvalue weighted by atomic mass is 9.99. The molecule has 2 amide bonds. The molecule has 0 aromatic rings. The van der Waals surface area contributed by atoms with Crippen LogP contribution in [0.3, 0.4) is 0 Å². The first kappa shape index (κ1) is 32.2. The lowest BCUT2D eigenvalue weighted by Crippen LogP contribution is -2.45. The average Bonchev–Trinajstić information content (AvgIpc) is 3.55. The maximum absolute atomic E-state index is 11.7. The molecule has 0 bridgehead atoms. The molecule has 196 valence electrons. The van der Waals surface area contributed by atoms with E-state index in [1.165, 1.54) is 0 Å². The van der Waals surface area contributed by atoms with Crippen molar-refractivity contribution in [2.75, 3.05) is 36.3 Å². The van der Waals surface area contributed by atoms with Gasteiger partial charge in [-0.25, -0.2) is 9.59 Å². The second kappa shape index (κ2) is 17.6. The van der Waals surface area contributed by atoms with E-state index >= 15 is 0 Å². The molecule has 2 aliphatic rings. The highest BCUT2D eigenvalue weighted by molar-refractivity contribution is 7.99. The Labute approximate surface area is 210 Å². The van der Waals surface area contributed by atoms with E-state index in [1.54, 1.807) is 23.5 Å². The molecule has 0 aromatic heterocycles. The number of carbonyl (C=O) groups is 4. The molecule has 4 atom stereocenters. The predicted molar refractivity (Wildman–Crippen MR) is 137 cm³/mol. The quantitative estimate of drug-likeness (QED) is 0.344. The molecule has 12 heteroatoms. The molecule has 2 rings (SSSR count). The van der Waals surface area contributed by atoms with Crippen molar-refractivity contribution in [1.29, 1.82) is 0 Å². The number of carboxylic acids is 2. The zero-order valence-electron chi connectivity index (χ0n) is 20.5. The Morgan fingerprint density at radius 3 is 1.32 bits per heavy atom. The van der Waals surface area contributed by atoms with E-state index in [0.29, 0.717) is 12.2 Å². The van der Waals surface area contributed by atoms with Crippen molar-refractivity contribution in [3.63, 3.8) is 0 Å². The van der Waals surface area contributed by atoms with Crippen LogP contribution in [-0.4, -0.2) is 92.2 Å². The van der Waals surface area contributed by atoms with Gasteiger partial charge in [-0.15, -0.1) is 23.5 Å². The summed E-state index contributed by atoms with van der Waals surface area (Å²) in [4.78, 5) is 46.3. The summed E-state index contributed by atoms with van der Waals surface area (Å²) in [5.41, 5.74) is 11.7. The second-order valence-electron chi connectivity index (χ2n) is 8.11. The van der Waals surface area contributed by atoms with Gasteiger partial charge in [0.2, 0.25) is 11.8 Å². The number of rotatable bonds is 8. The Morgan fingerprint density at radius 2 is 1.12 bits per heavy atom. The number of hydrogen-bond acceptors (Lipinski definition) is 8. The van der Waals surface area contributed by atoms with E-state index < -0.39 is 11.9 Å². The van der Waals surface area contributed by atoms with Crippen molar-refractivity contribution in [2.24, 2.45) is 23.3 Å². The number of thioether (sulfide) groups is 2. The first-order chi connectivity index (χ1) is 16.0. The van der Waals surface area contributed by atoms with Gasteiger partial charge in [0.05, 0.1) is 23.8 Å². The van der Waals surface area contributed by atoms with Gasteiger partial charge in [0.1, 0.15) is 0 Å². The molecule has 10 nitrogen and oxygen atoms in total. The van der Waals surface area contributed by atoms with E-state index in [2.05, 4.69) is 13.8 Å². The van der Waals surface area contributed by atoms with Gasteiger partial charge < -0.3 is 31.5 Å². The number of hydrogen-bond donors (Lipinski definition) is 4. The number of nitrogens with two attached hydrogens (primary N) is 2. The van der Waals surface area contributed by atoms with Crippen molar-refractivity contribution < 1.29 is 29.4 Å². The largest absolute Gasteiger partial charge is 0.478 e. The molecule has 2 aliphatic heterocycles. The molecule has 6 N–H and O–H groups in total. The minimum absolute atomic E-state index is 0.124. The van der Waals surface area contributed by atoms with Gasteiger partial charge in [0, 0.05) is 36.7 Å². The lowest BCUT2D eigenvalue weighted by molar-refractivity contribution is -0.134. The minimum Gasteiger partial charge on any atom is -0.478 e. The summed E-state index contributed by atoms with van der Waals surface area (Å²) in [5.74, 6) is 2.07. The molecule has 0 aliphatic carbocycles. The van der Waals surface area contributed by atoms with Crippen molar-refractivity contribution in [3.05, 3.63) is 12.2 Å². The summed E-state index contributed by atoms with van der Waals surface area (Å²) >= 11 is 3.59. The summed E-state index contributed by atoms with van der Waals surface area (Å²) < 4.78 is 0. The molecule has 34 heavy (non-hydrogen) atoms. The monoisotopic (exact) mass is 520 g/mol. The maximum Gasteiger partial charge on any atom is 0.328 e. The SMILES string of the molecule is CCC(C)C(N)C(=O)N1CCSC1.CCC(C)C(N)C(=O)N1CCSC1.O=C(O)/C=C/C(=O)O. The zero-order chi connectivity index (χ0) is 26.3. The number of aliphatic carboxylic acids is 2. The van der Waals surface area contributed by atoms with Crippen molar-refractivity contribution in [2.45, 2.75) is 52.6 Å². The van der Waals surface area contributed by atoms with Gasteiger partial charge in [0.25, 0.3) is 0 Å². The number of amides is 2. The highest BCUT2D eigenvalue weighted by atomic mass is 32.2. The number of nitrogens with zero attached hydrogens (tertiary/aromatic N) is 2. The van der Waals surface area contributed by atoms with Crippen molar-refractivity contribution in [1.82, 2.24) is 9.80 Å². The fourth-order valence-corrected chi connectivity index (χ4v) is 4.65. The van der Waals surface area contributed by atoms with Gasteiger partial charge in [-0.05, 0) is 11.8 Å². The Kier molecular flexibility index (Phi) is 16.7. The van der Waals surface area contributed by atoms with E-state index in [0.717, 1.165) is 49.2 Å². The second-order valence-corrected chi connectivity index (χ2v) is 10.3. The van der Waals surface area contributed by atoms with Gasteiger partial charge in [-0.1, -0.05) is 40.5 Å². The summed E-state index contributed by atoms with van der Waals surface area (Å²) in [7, 11) is 0. The Balaban J connectivity index is 0.000000497. The first-order valence-electron chi connectivity index (χ1n) is 11.3. The van der Waals surface area contributed by atoms with Crippen LogP contribution in [0.25, 0.3) is 0 Å². The summed E-state index contributed by atoms with van der Waals surface area (Å²) in [6, 6.07) is -0.604. The fourth-order valence-electron chi connectivity index (χ4n) is 2.73. The summed E-state index contributed by atoms with van der Waals surface area (Å²) in [6.07, 6.45) is 3.05. The highest BCUT2D eigenvalue weighted by Gasteiger charge is 2.27. The molecule has 0 spiro atoms. The van der Waals surface area contributed by atoms with Crippen LogP contribution in [0.1, 0.15) is 40.5 Å². The van der Waals surface area contributed by atoms with Crippen LogP contribution in [-0.2, 0) is 19.2 Å². The molecular weight excluding hydrogens is 480 g/mol. The molecule has 2 fully saturated rings. The first-order valence-corrected chi connectivity index (χ1v) is 13.6. The third-order valence-corrected chi connectivity index (χ3v) is 7.51. The van der Waals surface area contributed by atoms with Crippen LogP contribution in [0, 0.1) is 11.8 Å². The zero-order valence-corrected chi connectivity index (χ0v) is 22.1. The van der Waals surface area contributed by atoms with Crippen molar-refractivity contribution >= 4 is 47.3 Å². The third-order valence-electron chi connectivity index (χ3n) is 5.58. The molecular formula is C22H40N4O6S2. The van der Waals surface area contributed by atoms with Crippen LogP contribution in [0.2, 0.25) is 0 Å². The highest BCUT2D eigenvalue weighted by Crippen LogP contribution is 2.17. The molecule has 0 radical (unpaired) electrons. The minimum atomic E-state index is -1.26. The van der Waals surface area contributed by atoms with Gasteiger partial charge in [0.15, 0.2) is 0 Å². The standard InChI is InChI=1S/2C9H18N2OS.C4H4O4/c2*1-3-7(2)8(10)9(12)11-4-5-13-6-11;5-3(6)1-2-4(7)8/h2*7-8H,3-6,10H2,1-2H3;1-2H,(H,5,6)(H,7,8)/b;;2-1+. The Morgan fingerprint density at radius 1 is 0.794 bits per heavy atom. The van der Waals surface area contributed by atoms with Gasteiger partial charge >= 0.3 is 11.9 Å².